The van der Waals surface area contributed by atoms with E-state index in [9.17, 15) is 4.79 Å². The standard InChI is InChI=1S/C16H20N4OS/c1-16(2,3)9-5-6-10-11(7-9)22-14-12(10)13(21)19(4)15-18-17-8-20(14)15/h8-9H,5-7H2,1-4H3/t9-/m0/s1. The van der Waals surface area contributed by atoms with Crippen molar-refractivity contribution in [3.63, 3.8) is 0 Å². The average molecular weight is 316 g/mol. The van der Waals surface area contributed by atoms with Crippen LogP contribution in [0.15, 0.2) is 11.1 Å². The van der Waals surface area contributed by atoms with Crippen LogP contribution in [0.3, 0.4) is 0 Å². The maximum atomic E-state index is 12.7. The summed E-state index contributed by atoms with van der Waals surface area (Å²) >= 11 is 1.75. The molecule has 0 fully saturated rings. The molecule has 0 spiro atoms. The maximum absolute atomic E-state index is 12.7. The van der Waals surface area contributed by atoms with Gasteiger partial charge in [0.05, 0.1) is 5.39 Å². The zero-order chi connectivity index (χ0) is 15.6. The van der Waals surface area contributed by atoms with Crippen molar-refractivity contribution in [1.29, 1.82) is 0 Å². The van der Waals surface area contributed by atoms with E-state index in [4.69, 9.17) is 0 Å². The lowest BCUT2D eigenvalue weighted by Crippen LogP contribution is -2.27. The number of hydrogen-bond acceptors (Lipinski definition) is 4. The van der Waals surface area contributed by atoms with Crippen molar-refractivity contribution in [3.8, 4) is 0 Å². The molecular weight excluding hydrogens is 296 g/mol. The van der Waals surface area contributed by atoms with Gasteiger partial charge in [-0.1, -0.05) is 20.8 Å². The van der Waals surface area contributed by atoms with Crippen molar-refractivity contribution < 1.29 is 0 Å². The Labute approximate surface area is 132 Å². The van der Waals surface area contributed by atoms with Crippen LogP contribution in [0.5, 0.6) is 0 Å². The van der Waals surface area contributed by atoms with Crippen molar-refractivity contribution in [2.75, 3.05) is 0 Å². The normalized spacial score (nSPS) is 19.0. The first-order valence-corrected chi connectivity index (χ1v) is 8.52. The first kappa shape index (κ1) is 13.9. The summed E-state index contributed by atoms with van der Waals surface area (Å²) in [7, 11) is 1.77. The van der Waals surface area contributed by atoms with Crippen LogP contribution >= 0.6 is 11.3 Å². The zero-order valence-electron chi connectivity index (χ0n) is 13.4. The van der Waals surface area contributed by atoms with Crippen LogP contribution in [-0.4, -0.2) is 19.2 Å². The molecule has 3 aromatic heterocycles. The fourth-order valence-electron chi connectivity index (χ4n) is 3.56. The van der Waals surface area contributed by atoms with Crippen LogP contribution in [0.2, 0.25) is 0 Å². The van der Waals surface area contributed by atoms with Crippen LogP contribution in [-0.2, 0) is 19.9 Å². The second-order valence-corrected chi connectivity index (χ2v) is 8.44. The summed E-state index contributed by atoms with van der Waals surface area (Å²) in [6, 6.07) is 0. The van der Waals surface area contributed by atoms with E-state index in [1.54, 1.807) is 29.3 Å². The predicted octanol–water partition coefficient (Wildman–Crippen LogP) is 2.79. The highest BCUT2D eigenvalue weighted by molar-refractivity contribution is 7.18. The molecule has 0 saturated carbocycles. The minimum atomic E-state index is 0.0576. The molecular formula is C16H20N4OS. The van der Waals surface area contributed by atoms with Gasteiger partial charge in [0.1, 0.15) is 11.2 Å². The lowest BCUT2D eigenvalue weighted by atomic mass is 9.72. The van der Waals surface area contributed by atoms with E-state index in [-0.39, 0.29) is 5.56 Å². The number of fused-ring (bicyclic) bond motifs is 5. The number of rotatable bonds is 0. The van der Waals surface area contributed by atoms with E-state index >= 15 is 0 Å². The second-order valence-electron chi connectivity index (χ2n) is 7.35. The molecule has 0 unspecified atom stereocenters. The summed E-state index contributed by atoms with van der Waals surface area (Å²) in [5.74, 6) is 1.29. The van der Waals surface area contributed by atoms with E-state index in [2.05, 4.69) is 31.0 Å². The molecule has 0 amide bonds. The third-order valence-electron chi connectivity index (χ3n) is 5.04. The Morgan fingerprint density at radius 1 is 1.36 bits per heavy atom. The summed E-state index contributed by atoms with van der Waals surface area (Å²) in [5, 5.41) is 8.92. The van der Waals surface area contributed by atoms with Gasteiger partial charge in [0.25, 0.3) is 5.56 Å². The molecule has 5 nitrogen and oxygen atoms in total. The highest BCUT2D eigenvalue weighted by Gasteiger charge is 2.32. The number of aryl methyl sites for hydroxylation is 2. The van der Waals surface area contributed by atoms with Crippen molar-refractivity contribution in [1.82, 2.24) is 19.2 Å². The number of thiophene rings is 1. The summed E-state index contributed by atoms with van der Waals surface area (Å²) in [6.45, 7) is 6.94. The molecule has 1 atom stereocenters. The van der Waals surface area contributed by atoms with Gasteiger partial charge in [0.2, 0.25) is 5.78 Å². The zero-order valence-corrected chi connectivity index (χ0v) is 14.2. The molecule has 0 radical (unpaired) electrons. The van der Waals surface area contributed by atoms with Crippen LogP contribution < -0.4 is 5.56 Å². The van der Waals surface area contributed by atoms with E-state index in [0.717, 1.165) is 29.5 Å². The Balaban J connectivity index is 2.00. The minimum Gasteiger partial charge on any atom is -0.279 e. The molecule has 3 aromatic rings. The van der Waals surface area contributed by atoms with Gasteiger partial charge in [-0.15, -0.1) is 21.5 Å². The Morgan fingerprint density at radius 3 is 2.86 bits per heavy atom. The molecule has 1 aliphatic rings. The SMILES string of the molecule is Cn1c(=O)c2c3c(sc2n2cnnc12)C[C@@H](C(C)(C)C)CC3. The van der Waals surface area contributed by atoms with E-state index in [0.29, 0.717) is 17.1 Å². The number of hydrogen-bond donors (Lipinski definition) is 0. The van der Waals surface area contributed by atoms with Gasteiger partial charge in [-0.25, -0.2) is 0 Å². The molecule has 0 N–H and O–H groups in total. The van der Waals surface area contributed by atoms with Crippen LogP contribution in [0, 0.1) is 11.3 Å². The Morgan fingerprint density at radius 2 is 2.14 bits per heavy atom. The van der Waals surface area contributed by atoms with Gasteiger partial charge in [-0.05, 0) is 36.2 Å². The van der Waals surface area contributed by atoms with Gasteiger partial charge < -0.3 is 0 Å². The molecule has 6 heteroatoms. The molecule has 4 rings (SSSR count). The molecule has 22 heavy (non-hydrogen) atoms. The summed E-state index contributed by atoms with van der Waals surface area (Å²) in [4.78, 5) is 15.1. The Bertz CT molecular complexity index is 941. The molecule has 0 aliphatic heterocycles. The van der Waals surface area contributed by atoms with Crippen molar-refractivity contribution >= 4 is 27.3 Å². The summed E-state index contributed by atoms with van der Waals surface area (Å²) < 4.78 is 3.56. The van der Waals surface area contributed by atoms with Crippen LogP contribution in [0.25, 0.3) is 16.0 Å². The minimum absolute atomic E-state index is 0.0576. The largest absolute Gasteiger partial charge is 0.279 e. The smallest absolute Gasteiger partial charge is 0.263 e. The molecule has 0 aromatic carbocycles. The first-order chi connectivity index (χ1) is 10.4. The third-order valence-corrected chi connectivity index (χ3v) is 6.29. The molecule has 3 heterocycles. The van der Waals surface area contributed by atoms with Crippen molar-refractivity contribution in [2.45, 2.75) is 40.0 Å². The van der Waals surface area contributed by atoms with Gasteiger partial charge in [0.15, 0.2) is 0 Å². The van der Waals surface area contributed by atoms with E-state index < -0.39 is 0 Å². The van der Waals surface area contributed by atoms with Gasteiger partial charge >= 0.3 is 0 Å². The molecule has 1 aliphatic carbocycles. The topological polar surface area (TPSA) is 52.2 Å². The van der Waals surface area contributed by atoms with E-state index in [1.807, 2.05) is 4.40 Å². The van der Waals surface area contributed by atoms with Gasteiger partial charge in [-0.3, -0.25) is 13.8 Å². The van der Waals surface area contributed by atoms with Gasteiger partial charge in [0, 0.05) is 11.9 Å². The number of nitrogens with zero attached hydrogens (tertiary/aromatic N) is 4. The fourth-order valence-corrected chi connectivity index (χ4v) is 4.95. The van der Waals surface area contributed by atoms with Gasteiger partial charge in [-0.2, -0.15) is 0 Å². The maximum Gasteiger partial charge on any atom is 0.263 e. The third kappa shape index (κ3) is 1.79. The van der Waals surface area contributed by atoms with Crippen LogP contribution in [0.4, 0.5) is 0 Å². The van der Waals surface area contributed by atoms with Crippen LogP contribution in [0.1, 0.15) is 37.6 Å². The Hall–Kier alpha value is -1.69. The highest BCUT2D eigenvalue weighted by atomic mass is 32.1. The summed E-state index contributed by atoms with van der Waals surface area (Å²) in [5.41, 5.74) is 1.63. The highest BCUT2D eigenvalue weighted by Crippen LogP contribution is 2.42. The quantitative estimate of drug-likeness (QED) is 0.641. The second kappa shape index (κ2) is 4.41. The predicted molar refractivity (Wildman–Crippen MR) is 88.6 cm³/mol. The van der Waals surface area contributed by atoms with E-state index in [1.165, 1.54) is 10.4 Å². The first-order valence-electron chi connectivity index (χ1n) is 7.71. The summed E-state index contributed by atoms with van der Waals surface area (Å²) in [6.07, 6.45) is 4.94. The van der Waals surface area contributed by atoms with Crippen molar-refractivity contribution in [2.24, 2.45) is 18.4 Å². The lowest BCUT2D eigenvalue weighted by molar-refractivity contribution is 0.218. The molecule has 0 bridgehead atoms. The molecule has 116 valence electrons. The van der Waals surface area contributed by atoms with Crippen molar-refractivity contribution in [3.05, 3.63) is 27.1 Å². The fraction of sp³-hybridized carbons (Fsp3) is 0.562. The lowest BCUT2D eigenvalue weighted by Gasteiger charge is -2.33. The molecule has 0 saturated heterocycles. The average Bonchev–Trinajstić information content (AvgIpc) is 3.07. The monoisotopic (exact) mass is 316 g/mol. The number of aromatic nitrogens is 4. The Kier molecular flexibility index (Phi) is 2.79.